The van der Waals surface area contributed by atoms with Gasteiger partial charge in [-0.15, -0.1) is 0 Å². The van der Waals surface area contributed by atoms with Crippen LogP contribution in [0.25, 0.3) is 0 Å². The summed E-state index contributed by atoms with van der Waals surface area (Å²) in [7, 11) is -4.29. The summed E-state index contributed by atoms with van der Waals surface area (Å²) >= 11 is 0. The molecular formula is C45H78NO7P. The van der Waals surface area contributed by atoms with E-state index in [1.165, 1.54) is 38.5 Å². The Morgan fingerprint density at radius 3 is 1.57 bits per heavy atom. The van der Waals surface area contributed by atoms with Crippen LogP contribution in [0.5, 0.6) is 0 Å². The first kappa shape index (κ1) is 51.7. The maximum Gasteiger partial charge on any atom is 0.472 e. The summed E-state index contributed by atoms with van der Waals surface area (Å²) < 4.78 is 33.3. The van der Waals surface area contributed by atoms with Gasteiger partial charge in [-0.2, -0.15) is 0 Å². The SMILES string of the molecule is CC/C=C\C/C=C\C/C=C\C/C=C\C/C=C\C/C=C\CCCCCCCOCC(COP(=O)(O)OCCN)OC(=O)CCCCCCC/C=C\CCCC. The highest BCUT2D eigenvalue weighted by Crippen LogP contribution is 2.43. The van der Waals surface area contributed by atoms with Crippen LogP contribution in [-0.4, -0.2) is 49.9 Å². The van der Waals surface area contributed by atoms with E-state index in [0.717, 1.165) is 96.3 Å². The largest absolute Gasteiger partial charge is 0.472 e. The van der Waals surface area contributed by atoms with E-state index in [1.54, 1.807) is 0 Å². The van der Waals surface area contributed by atoms with Crippen molar-refractivity contribution in [1.82, 2.24) is 0 Å². The molecule has 0 aromatic carbocycles. The maximum atomic E-state index is 12.5. The Morgan fingerprint density at radius 2 is 1.04 bits per heavy atom. The fraction of sp³-hybridized carbons (Fsp3) is 0.667. The van der Waals surface area contributed by atoms with Gasteiger partial charge in [-0.05, 0) is 83.5 Å². The molecule has 0 bridgehead atoms. The van der Waals surface area contributed by atoms with Crippen LogP contribution in [0.1, 0.15) is 155 Å². The third-order valence-corrected chi connectivity index (χ3v) is 9.28. The lowest BCUT2D eigenvalue weighted by Crippen LogP contribution is -2.28. The molecular weight excluding hydrogens is 697 g/mol. The van der Waals surface area contributed by atoms with Crippen LogP contribution in [0.3, 0.4) is 0 Å². The Morgan fingerprint density at radius 1 is 0.574 bits per heavy atom. The number of esters is 1. The van der Waals surface area contributed by atoms with Crippen molar-refractivity contribution in [2.24, 2.45) is 5.73 Å². The Kier molecular flexibility index (Phi) is 40.0. The summed E-state index contributed by atoms with van der Waals surface area (Å²) in [6, 6.07) is 0. The molecule has 0 rings (SSSR count). The van der Waals surface area contributed by atoms with Gasteiger partial charge in [0.25, 0.3) is 0 Å². The van der Waals surface area contributed by atoms with Crippen LogP contribution in [0.2, 0.25) is 0 Å². The molecule has 0 radical (unpaired) electrons. The molecule has 0 aromatic heterocycles. The van der Waals surface area contributed by atoms with Crippen molar-refractivity contribution in [3.05, 3.63) is 85.1 Å². The van der Waals surface area contributed by atoms with E-state index >= 15 is 0 Å². The average molecular weight is 776 g/mol. The first-order valence-corrected chi connectivity index (χ1v) is 22.6. The smallest absolute Gasteiger partial charge is 0.457 e. The third kappa shape index (κ3) is 40.9. The van der Waals surface area contributed by atoms with Gasteiger partial charge in [-0.3, -0.25) is 13.8 Å². The summed E-state index contributed by atoms with van der Waals surface area (Å²) in [4.78, 5) is 22.4. The van der Waals surface area contributed by atoms with Crippen molar-refractivity contribution >= 4 is 13.8 Å². The van der Waals surface area contributed by atoms with Crippen LogP contribution in [-0.2, 0) is 27.9 Å². The van der Waals surface area contributed by atoms with Gasteiger partial charge in [0.2, 0.25) is 0 Å². The van der Waals surface area contributed by atoms with Gasteiger partial charge in [-0.25, -0.2) is 4.57 Å². The molecule has 0 saturated carbocycles. The van der Waals surface area contributed by atoms with Crippen molar-refractivity contribution in [2.75, 3.05) is 33.0 Å². The predicted molar refractivity (Wildman–Crippen MR) is 228 cm³/mol. The topological polar surface area (TPSA) is 117 Å². The zero-order valence-electron chi connectivity index (χ0n) is 34.2. The van der Waals surface area contributed by atoms with Crippen molar-refractivity contribution in [3.8, 4) is 0 Å². The number of ether oxygens (including phenoxy) is 2. The number of unbranched alkanes of at least 4 members (excludes halogenated alkanes) is 12. The third-order valence-electron chi connectivity index (χ3n) is 8.30. The summed E-state index contributed by atoms with van der Waals surface area (Å²) in [6.07, 6.45) is 53.2. The van der Waals surface area contributed by atoms with Gasteiger partial charge in [0, 0.05) is 19.6 Å². The molecule has 310 valence electrons. The summed E-state index contributed by atoms with van der Waals surface area (Å²) in [5.74, 6) is -0.353. The second-order valence-electron chi connectivity index (χ2n) is 13.5. The van der Waals surface area contributed by atoms with Gasteiger partial charge in [0.15, 0.2) is 0 Å². The summed E-state index contributed by atoms with van der Waals surface area (Å²) in [6.45, 7) is 4.68. The lowest BCUT2D eigenvalue weighted by atomic mass is 10.1. The van der Waals surface area contributed by atoms with Crippen LogP contribution in [0.15, 0.2) is 85.1 Å². The van der Waals surface area contributed by atoms with Crippen molar-refractivity contribution in [2.45, 2.75) is 161 Å². The maximum absolute atomic E-state index is 12.5. The van der Waals surface area contributed by atoms with E-state index < -0.39 is 13.9 Å². The van der Waals surface area contributed by atoms with Crippen molar-refractivity contribution in [3.63, 3.8) is 0 Å². The van der Waals surface area contributed by atoms with E-state index in [0.29, 0.717) is 13.0 Å². The normalized spacial score (nSPS) is 14.4. The first-order valence-electron chi connectivity index (χ1n) is 21.1. The van der Waals surface area contributed by atoms with E-state index in [1.807, 2.05) is 0 Å². The zero-order chi connectivity index (χ0) is 39.5. The highest BCUT2D eigenvalue weighted by molar-refractivity contribution is 7.47. The summed E-state index contributed by atoms with van der Waals surface area (Å²) in [5.41, 5.74) is 5.36. The molecule has 3 N–H and O–H groups in total. The fourth-order valence-corrected chi connectivity index (χ4v) is 5.98. The minimum absolute atomic E-state index is 0.0909. The van der Waals surface area contributed by atoms with Crippen molar-refractivity contribution in [1.29, 1.82) is 0 Å². The van der Waals surface area contributed by atoms with Gasteiger partial charge in [-0.1, -0.05) is 150 Å². The van der Waals surface area contributed by atoms with Crippen LogP contribution in [0.4, 0.5) is 0 Å². The first-order chi connectivity index (χ1) is 26.4. The Bertz CT molecular complexity index is 1100. The number of hydrogen-bond acceptors (Lipinski definition) is 7. The van der Waals surface area contributed by atoms with Gasteiger partial charge < -0.3 is 20.1 Å². The molecule has 8 nitrogen and oxygen atoms in total. The number of nitrogens with two attached hydrogens (primary N) is 1. The second kappa shape index (κ2) is 41.8. The van der Waals surface area contributed by atoms with E-state index in [9.17, 15) is 14.3 Å². The standard InChI is InChI=1S/C45H78NO7P/c1-3-5-7-9-11-13-15-16-17-18-19-20-21-22-23-24-25-26-27-29-31-33-35-37-40-50-42-44(43-52-54(48,49)51-41-39-46)53-45(47)38-36-34-32-30-28-14-12-10-8-6-4-2/h5,7,10-13,16-17,19-20,22-23,25-26,44H,3-4,6,8-9,14-15,18,21,24,27-43,46H2,1-2H3,(H,48,49)/b7-5-,12-10-,13-11-,17-16-,20-19-,23-22-,26-25-. The second-order valence-corrected chi connectivity index (χ2v) is 14.9. The van der Waals surface area contributed by atoms with Crippen molar-refractivity contribution < 1.29 is 32.8 Å². The molecule has 54 heavy (non-hydrogen) atoms. The molecule has 0 aliphatic heterocycles. The van der Waals surface area contributed by atoms with Gasteiger partial charge >= 0.3 is 13.8 Å². The zero-order valence-corrected chi connectivity index (χ0v) is 35.1. The van der Waals surface area contributed by atoms with Gasteiger partial charge in [0.1, 0.15) is 6.10 Å². The molecule has 2 unspecified atom stereocenters. The number of phosphoric ester groups is 1. The molecule has 0 heterocycles. The molecule has 2 atom stereocenters. The Balaban J connectivity index is 4.07. The summed E-state index contributed by atoms with van der Waals surface area (Å²) in [5, 5.41) is 0. The fourth-order valence-electron chi connectivity index (χ4n) is 5.21. The highest BCUT2D eigenvalue weighted by atomic mass is 31.2. The van der Waals surface area contributed by atoms with Gasteiger partial charge in [0.05, 0.1) is 19.8 Å². The number of hydrogen-bond donors (Lipinski definition) is 2. The Labute approximate surface area is 330 Å². The van der Waals surface area contributed by atoms with E-state index in [-0.39, 0.29) is 32.3 Å². The molecule has 0 amide bonds. The minimum Gasteiger partial charge on any atom is -0.457 e. The molecule has 0 aromatic rings. The molecule has 9 heteroatoms. The lowest BCUT2D eigenvalue weighted by molar-refractivity contribution is -0.154. The van der Waals surface area contributed by atoms with E-state index in [4.69, 9.17) is 24.3 Å². The number of carbonyl (C=O) groups excluding carboxylic acids is 1. The predicted octanol–water partition coefficient (Wildman–Crippen LogP) is 12.5. The minimum atomic E-state index is -4.29. The number of allylic oxidation sites excluding steroid dienone is 14. The number of rotatable bonds is 39. The highest BCUT2D eigenvalue weighted by Gasteiger charge is 2.25. The molecule has 0 aliphatic carbocycles. The quantitative estimate of drug-likeness (QED) is 0.0274. The monoisotopic (exact) mass is 776 g/mol. The molecule has 0 aliphatic rings. The molecule has 0 saturated heterocycles. The van der Waals surface area contributed by atoms with Crippen LogP contribution < -0.4 is 5.73 Å². The van der Waals surface area contributed by atoms with Crippen LogP contribution in [0, 0.1) is 0 Å². The molecule has 0 spiro atoms. The van der Waals surface area contributed by atoms with E-state index in [2.05, 4.69) is 98.9 Å². The average Bonchev–Trinajstić information content (AvgIpc) is 3.16. The van der Waals surface area contributed by atoms with Crippen LogP contribution >= 0.6 is 7.82 Å². The number of carbonyl (C=O) groups is 1. The number of phosphoric acid groups is 1. The lowest BCUT2D eigenvalue weighted by Gasteiger charge is -2.20. The Hall–Kier alpha value is -2.32. The molecule has 0 fully saturated rings.